The molecule has 6 heteroatoms. The zero-order valence-corrected chi connectivity index (χ0v) is 12.8. The van der Waals surface area contributed by atoms with E-state index < -0.39 is 5.97 Å². The van der Waals surface area contributed by atoms with Gasteiger partial charge in [-0.25, -0.2) is 9.78 Å². The lowest BCUT2D eigenvalue weighted by Gasteiger charge is -2.22. The van der Waals surface area contributed by atoms with Crippen LogP contribution in [0.5, 0.6) is 0 Å². The maximum absolute atomic E-state index is 12.0. The molecule has 3 rings (SSSR count). The monoisotopic (exact) mass is 313 g/mol. The fourth-order valence-corrected chi connectivity index (χ4v) is 2.78. The molecule has 0 spiro atoms. The van der Waals surface area contributed by atoms with Gasteiger partial charge in [0.05, 0.1) is 17.2 Å². The summed E-state index contributed by atoms with van der Waals surface area (Å²) >= 11 is 0. The maximum atomic E-state index is 12.0. The van der Waals surface area contributed by atoms with Crippen LogP contribution in [0.1, 0.15) is 42.6 Å². The summed E-state index contributed by atoms with van der Waals surface area (Å²) in [6, 6.07) is 7.47. The second-order valence-electron chi connectivity index (χ2n) is 5.72. The lowest BCUT2D eigenvalue weighted by Crippen LogP contribution is -2.38. The van der Waals surface area contributed by atoms with E-state index >= 15 is 0 Å². The topological polar surface area (TPSA) is 81.2 Å². The third-order valence-electron chi connectivity index (χ3n) is 3.96. The van der Waals surface area contributed by atoms with Crippen LogP contribution in [0.2, 0.25) is 0 Å². The third kappa shape index (κ3) is 4.03. The van der Waals surface area contributed by atoms with Gasteiger partial charge < -0.3 is 10.1 Å². The van der Waals surface area contributed by atoms with Crippen molar-refractivity contribution < 1.29 is 14.3 Å². The number of para-hydroxylation sites is 2. The molecular weight excluding hydrogens is 294 g/mol. The van der Waals surface area contributed by atoms with Crippen LogP contribution in [0.15, 0.2) is 30.5 Å². The van der Waals surface area contributed by atoms with Crippen molar-refractivity contribution in [1.29, 1.82) is 0 Å². The number of rotatable bonds is 4. The highest BCUT2D eigenvalue weighted by atomic mass is 16.5. The quantitative estimate of drug-likeness (QED) is 0.875. The number of esters is 1. The Morgan fingerprint density at radius 2 is 1.87 bits per heavy atom. The molecule has 1 saturated carbocycles. The molecule has 0 radical (unpaired) electrons. The lowest BCUT2D eigenvalue weighted by atomic mass is 9.95. The molecule has 1 aromatic carbocycles. The highest BCUT2D eigenvalue weighted by Crippen LogP contribution is 2.17. The molecule has 1 aromatic heterocycles. The van der Waals surface area contributed by atoms with Gasteiger partial charge in [-0.3, -0.25) is 9.78 Å². The summed E-state index contributed by atoms with van der Waals surface area (Å²) in [6.45, 7) is -0.288. The van der Waals surface area contributed by atoms with Crippen LogP contribution >= 0.6 is 0 Å². The number of carbonyl (C=O) groups excluding carboxylic acids is 2. The fraction of sp³-hybridized carbons (Fsp3) is 0.412. The second-order valence-corrected chi connectivity index (χ2v) is 5.72. The summed E-state index contributed by atoms with van der Waals surface area (Å²) in [5.41, 5.74) is 1.43. The Balaban J connectivity index is 1.54. The van der Waals surface area contributed by atoms with Gasteiger partial charge in [0.2, 0.25) is 0 Å². The number of carbonyl (C=O) groups is 2. The summed E-state index contributed by atoms with van der Waals surface area (Å²) in [5, 5.41) is 2.90. The Labute approximate surface area is 134 Å². The second kappa shape index (κ2) is 7.17. The van der Waals surface area contributed by atoms with E-state index in [1.165, 1.54) is 12.6 Å². The van der Waals surface area contributed by atoms with Crippen LogP contribution in [0.4, 0.5) is 0 Å². The van der Waals surface area contributed by atoms with Crippen LogP contribution in [-0.4, -0.2) is 34.5 Å². The minimum absolute atomic E-state index is 0.106. The Hall–Kier alpha value is -2.50. The lowest BCUT2D eigenvalue weighted by molar-refractivity contribution is -0.125. The highest BCUT2D eigenvalue weighted by Gasteiger charge is 2.17. The van der Waals surface area contributed by atoms with Crippen molar-refractivity contribution in [3.63, 3.8) is 0 Å². The first-order chi connectivity index (χ1) is 11.2. The van der Waals surface area contributed by atoms with E-state index in [0.29, 0.717) is 11.0 Å². The van der Waals surface area contributed by atoms with E-state index in [1.54, 1.807) is 6.07 Å². The molecule has 23 heavy (non-hydrogen) atoms. The Bertz CT molecular complexity index is 711. The predicted molar refractivity (Wildman–Crippen MR) is 84.8 cm³/mol. The van der Waals surface area contributed by atoms with Crippen LogP contribution in [0.3, 0.4) is 0 Å². The van der Waals surface area contributed by atoms with Crippen molar-refractivity contribution in [3.8, 4) is 0 Å². The van der Waals surface area contributed by atoms with Crippen LogP contribution in [0.25, 0.3) is 11.0 Å². The number of ether oxygens (including phenoxy) is 1. The average molecular weight is 313 g/mol. The molecule has 1 aliphatic rings. The normalized spacial score (nSPS) is 15.3. The van der Waals surface area contributed by atoms with Crippen molar-refractivity contribution in [1.82, 2.24) is 15.3 Å². The summed E-state index contributed by atoms with van der Waals surface area (Å²) < 4.78 is 5.03. The van der Waals surface area contributed by atoms with E-state index in [0.717, 1.165) is 25.7 Å². The fourth-order valence-electron chi connectivity index (χ4n) is 2.78. The first-order valence-corrected chi connectivity index (χ1v) is 7.90. The molecular formula is C17H19N3O3. The highest BCUT2D eigenvalue weighted by molar-refractivity contribution is 5.91. The van der Waals surface area contributed by atoms with Crippen molar-refractivity contribution in [2.75, 3.05) is 6.61 Å². The zero-order chi connectivity index (χ0) is 16.1. The van der Waals surface area contributed by atoms with Crippen molar-refractivity contribution >= 4 is 22.9 Å². The number of aromatic nitrogens is 2. The van der Waals surface area contributed by atoms with Gasteiger partial charge in [0.15, 0.2) is 12.3 Å². The molecule has 2 aromatic rings. The molecule has 6 nitrogen and oxygen atoms in total. The molecule has 0 atom stereocenters. The Morgan fingerprint density at radius 1 is 1.13 bits per heavy atom. The molecule has 0 aliphatic heterocycles. The van der Waals surface area contributed by atoms with Crippen LogP contribution in [-0.2, 0) is 9.53 Å². The number of fused-ring (bicyclic) bond motifs is 1. The number of nitrogens with zero attached hydrogens (tertiary/aromatic N) is 2. The van der Waals surface area contributed by atoms with Crippen molar-refractivity contribution in [2.24, 2.45) is 0 Å². The molecule has 1 fully saturated rings. The minimum atomic E-state index is -0.637. The van der Waals surface area contributed by atoms with Crippen molar-refractivity contribution in [2.45, 2.75) is 38.1 Å². The summed E-state index contributed by atoms with van der Waals surface area (Å²) in [6.07, 6.45) is 6.85. The number of hydrogen-bond acceptors (Lipinski definition) is 5. The number of benzene rings is 1. The van der Waals surface area contributed by atoms with Crippen LogP contribution in [0, 0.1) is 0 Å². The molecule has 1 aliphatic carbocycles. The Kier molecular flexibility index (Phi) is 4.80. The summed E-state index contributed by atoms with van der Waals surface area (Å²) in [7, 11) is 0. The van der Waals surface area contributed by atoms with Gasteiger partial charge >= 0.3 is 5.97 Å². The summed E-state index contributed by atoms with van der Waals surface area (Å²) in [5.74, 6) is -0.902. The van der Waals surface area contributed by atoms with Gasteiger partial charge in [-0.05, 0) is 25.0 Å². The van der Waals surface area contributed by atoms with Gasteiger partial charge in [0.1, 0.15) is 0 Å². The smallest absolute Gasteiger partial charge is 0.359 e. The first kappa shape index (κ1) is 15.4. The number of hydrogen-bond donors (Lipinski definition) is 1. The number of nitrogens with one attached hydrogen (secondary N) is 1. The molecule has 0 unspecified atom stereocenters. The molecule has 0 saturated heterocycles. The van der Waals surface area contributed by atoms with Gasteiger partial charge in [-0.2, -0.15) is 0 Å². The van der Waals surface area contributed by atoms with Crippen LogP contribution < -0.4 is 5.32 Å². The van der Waals surface area contributed by atoms with E-state index in [1.807, 2.05) is 18.2 Å². The van der Waals surface area contributed by atoms with Gasteiger partial charge in [-0.1, -0.05) is 31.4 Å². The SMILES string of the molecule is O=C(COC(=O)c1cnc2ccccc2n1)NC1CCCCC1. The van der Waals surface area contributed by atoms with Gasteiger partial charge in [-0.15, -0.1) is 0 Å². The van der Waals surface area contributed by atoms with E-state index in [-0.39, 0.29) is 24.2 Å². The molecule has 1 amide bonds. The molecule has 120 valence electrons. The third-order valence-corrected chi connectivity index (χ3v) is 3.96. The van der Waals surface area contributed by atoms with E-state index in [2.05, 4.69) is 15.3 Å². The predicted octanol–water partition coefficient (Wildman–Crippen LogP) is 2.24. The number of amides is 1. The standard InChI is InChI=1S/C17H19N3O3/c21-16(19-12-6-2-1-3-7-12)11-23-17(22)15-10-18-13-8-4-5-9-14(13)20-15/h4-5,8-10,12H,1-3,6-7,11H2,(H,19,21). The van der Waals surface area contributed by atoms with Crippen molar-refractivity contribution in [3.05, 3.63) is 36.2 Å². The van der Waals surface area contributed by atoms with E-state index in [4.69, 9.17) is 4.74 Å². The Morgan fingerprint density at radius 3 is 2.65 bits per heavy atom. The zero-order valence-electron chi connectivity index (χ0n) is 12.8. The maximum Gasteiger partial charge on any atom is 0.359 e. The first-order valence-electron chi connectivity index (χ1n) is 7.90. The minimum Gasteiger partial charge on any atom is -0.451 e. The molecule has 0 bridgehead atoms. The molecule has 1 N–H and O–H groups in total. The largest absolute Gasteiger partial charge is 0.451 e. The summed E-state index contributed by atoms with van der Waals surface area (Å²) in [4.78, 5) is 32.2. The average Bonchev–Trinajstić information content (AvgIpc) is 2.60. The molecule has 1 heterocycles. The van der Waals surface area contributed by atoms with E-state index in [9.17, 15) is 9.59 Å². The van der Waals surface area contributed by atoms with Gasteiger partial charge in [0.25, 0.3) is 5.91 Å². The van der Waals surface area contributed by atoms with Gasteiger partial charge in [0, 0.05) is 6.04 Å².